The number of methoxy groups -OCH3 is 1. The van der Waals surface area contributed by atoms with Gasteiger partial charge in [-0.3, -0.25) is 4.79 Å². The van der Waals surface area contributed by atoms with E-state index < -0.39 is 69.4 Å². The lowest BCUT2D eigenvalue weighted by Gasteiger charge is -2.44. The number of nitrogens with one attached hydrogen (secondary N) is 2. The Morgan fingerprint density at radius 3 is 2.27 bits per heavy atom. The summed E-state index contributed by atoms with van der Waals surface area (Å²) in [6.07, 6.45) is -0.277. The van der Waals surface area contributed by atoms with E-state index in [1.165, 1.54) is 46.6 Å². The van der Waals surface area contributed by atoms with E-state index in [1.807, 2.05) is 0 Å². The van der Waals surface area contributed by atoms with E-state index in [0.717, 1.165) is 17.7 Å². The molecule has 0 unspecified atom stereocenters. The number of amides is 3. The Labute approximate surface area is 331 Å². The second-order valence-electron chi connectivity index (χ2n) is 15.1. The van der Waals surface area contributed by atoms with Gasteiger partial charge in [-0.05, 0) is 113 Å². The molecule has 2 aliphatic heterocycles. The maximum Gasteiger partial charge on any atom is 0.410 e. The highest BCUT2D eigenvalue weighted by Crippen LogP contribution is 2.37. The topological polar surface area (TPSA) is 144 Å². The molecule has 56 heavy (non-hydrogen) atoms. The molecule has 3 aromatic carbocycles. The highest BCUT2D eigenvalue weighted by Gasteiger charge is 2.43. The maximum atomic E-state index is 15.9. The molecule has 3 aromatic rings. The van der Waals surface area contributed by atoms with Gasteiger partial charge in [0.05, 0.1) is 12.0 Å². The lowest BCUT2D eigenvalue weighted by atomic mass is 9.76. The largest absolute Gasteiger partial charge is 0.453 e. The highest BCUT2D eigenvalue weighted by atomic mass is 35.5. The molecule has 0 aromatic heterocycles. The number of benzene rings is 3. The molecule has 16 heteroatoms. The highest BCUT2D eigenvalue weighted by molar-refractivity contribution is 7.89. The molecule has 5 rings (SSSR count). The van der Waals surface area contributed by atoms with Crippen molar-refractivity contribution in [1.82, 2.24) is 14.5 Å². The summed E-state index contributed by atoms with van der Waals surface area (Å²) in [5.41, 5.74) is 0.147. The summed E-state index contributed by atoms with van der Waals surface area (Å²) in [5.74, 6) is -2.51. The van der Waals surface area contributed by atoms with Gasteiger partial charge in [0.15, 0.2) is 0 Å². The van der Waals surface area contributed by atoms with Crippen LogP contribution in [0, 0.1) is 17.6 Å². The number of hydrogen-bond acceptors (Lipinski definition) is 8. The van der Waals surface area contributed by atoms with E-state index in [-0.39, 0.29) is 48.0 Å². The van der Waals surface area contributed by atoms with Gasteiger partial charge in [-0.1, -0.05) is 29.8 Å². The molecule has 0 bridgehead atoms. The van der Waals surface area contributed by atoms with E-state index in [0.29, 0.717) is 31.1 Å². The number of piperazine rings is 1. The number of carbonyl (C=O) groups is 3. The first-order valence-corrected chi connectivity index (χ1v) is 20.3. The van der Waals surface area contributed by atoms with Crippen LogP contribution in [0.1, 0.15) is 64.0 Å². The number of hydrogen-bond donors (Lipinski definition) is 2. The third-order valence-electron chi connectivity index (χ3n) is 9.98. The quantitative estimate of drug-likeness (QED) is 0.208. The van der Waals surface area contributed by atoms with Gasteiger partial charge in [-0.15, -0.1) is 0 Å². The van der Waals surface area contributed by atoms with Crippen molar-refractivity contribution in [2.75, 3.05) is 38.7 Å². The van der Waals surface area contributed by atoms with Gasteiger partial charge in [-0.25, -0.2) is 26.8 Å². The molecule has 2 fully saturated rings. The van der Waals surface area contributed by atoms with Crippen LogP contribution in [0.3, 0.4) is 0 Å². The van der Waals surface area contributed by atoms with Crippen LogP contribution in [0.25, 0.3) is 0 Å². The molecule has 0 radical (unpaired) electrons. The number of nitrogens with zero attached hydrogens (tertiary/aromatic N) is 2. The van der Waals surface area contributed by atoms with Crippen LogP contribution in [0.5, 0.6) is 0 Å². The van der Waals surface area contributed by atoms with E-state index in [2.05, 4.69) is 10.6 Å². The van der Waals surface area contributed by atoms with Gasteiger partial charge >= 0.3 is 12.2 Å². The second-order valence-corrected chi connectivity index (χ2v) is 17.4. The van der Waals surface area contributed by atoms with Crippen LogP contribution in [0.2, 0.25) is 5.02 Å². The molecule has 2 heterocycles. The van der Waals surface area contributed by atoms with E-state index >= 15 is 4.39 Å². The standard InChI is InChI=1S/C40H49ClF2N4O8S/c1-25-23-46(39(50)55-40(2,3)4)24-30(47(25)56(51,52)31-16-13-29(42)14-17-31)15-18-32-33(43)7-6-8-34(32)44-37(48)36(45-38(49)53-5)35(27-19-21-54-22-20-27)26-9-11-28(41)12-10-26/h6-14,16-17,25,27,30,35-36H,15,18-24H2,1-5H3,(H,44,48)(H,45,49)/t25-,30+,35+,36+/m1/s1. The SMILES string of the molecule is COC(=O)N[C@H](C(=O)Nc1cccc(F)c1CC[C@H]1CN(C(=O)OC(C)(C)C)C[C@@H](C)N1S(=O)(=O)c1ccc(F)cc1)[C@@H](c1ccc(Cl)cc1)C1CCOCC1. The van der Waals surface area contributed by atoms with Crippen molar-refractivity contribution in [1.29, 1.82) is 0 Å². The molecule has 0 spiro atoms. The first-order chi connectivity index (χ1) is 26.5. The van der Waals surface area contributed by atoms with Crippen LogP contribution in [0.4, 0.5) is 24.1 Å². The van der Waals surface area contributed by atoms with Crippen LogP contribution in [-0.4, -0.2) is 92.9 Å². The fourth-order valence-corrected chi connectivity index (χ4v) is 9.43. The third-order valence-corrected chi connectivity index (χ3v) is 12.3. The third kappa shape index (κ3) is 10.5. The maximum absolute atomic E-state index is 15.9. The Morgan fingerprint density at radius 2 is 1.64 bits per heavy atom. The number of sulfonamides is 1. The van der Waals surface area contributed by atoms with Crippen molar-refractivity contribution in [2.45, 2.75) is 87.9 Å². The predicted octanol–water partition coefficient (Wildman–Crippen LogP) is 7.12. The average Bonchev–Trinajstić information content (AvgIpc) is 3.14. The molecule has 12 nitrogen and oxygen atoms in total. The summed E-state index contributed by atoms with van der Waals surface area (Å²) in [4.78, 5) is 41.6. The molecule has 304 valence electrons. The number of anilines is 1. The Morgan fingerprint density at radius 1 is 0.982 bits per heavy atom. The lowest BCUT2D eigenvalue weighted by molar-refractivity contribution is -0.119. The Bertz CT molecular complexity index is 1960. The summed E-state index contributed by atoms with van der Waals surface area (Å²) >= 11 is 6.20. The van der Waals surface area contributed by atoms with Crippen molar-refractivity contribution < 1.29 is 45.8 Å². The lowest BCUT2D eigenvalue weighted by Crippen LogP contribution is -2.61. The smallest absolute Gasteiger partial charge is 0.410 e. The number of carbonyl (C=O) groups excluding carboxylic acids is 3. The van der Waals surface area contributed by atoms with Crippen LogP contribution >= 0.6 is 11.6 Å². The summed E-state index contributed by atoms with van der Waals surface area (Å²) in [6.45, 7) is 7.70. The summed E-state index contributed by atoms with van der Waals surface area (Å²) in [6, 6.07) is 12.9. The molecule has 3 amide bonds. The summed E-state index contributed by atoms with van der Waals surface area (Å²) in [7, 11) is -3.03. The minimum Gasteiger partial charge on any atom is -0.453 e. The second kappa shape index (κ2) is 18.3. The number of rotatable bonds is 11. The van der Waals surface area contributed by atoms with E-state index in [1.54, 1.807) is 52.0 Å². The van der Waals surface area contributed by atoms with Crippen LogP contribution in [-0.2, 0) is 35.4 Å². The zero-order chi connectivity index (χ0) is 40.8. The molecule has 4 atom stereocenters. The van der Waals surface area contributed by atoms with Gasteiger partial charge in [0.25, 0.3) is 0 Å². The number of ether oxygens (including phenoxy) is 3. The number of halogens is 3. The molecule has 0 aliphatic carbocycles. The van der Waals surface area contributed by atoms with Gasteiger partial charge in [-0.2, -0.15) is 4.31 Å². The zero-order valence-electron chi connectivity index (χ0n) is 32.1. The first kappa shape index (κ1) is 42.8. The fraction of sp³-hybridized carbons (Fsp3) is 0.475. The van der Waals surface area contributed by atoms with Crippen LogP contribution < -0.4 is 10.6 Å². The van der Waals surface area contributed by atoms with Gasteiger partial charge < -0.3 is 29.7 Å². The van der Waals surface area contributed by atoms with Crippen molar-refractivity contribution >= 4 is 45.4 Å². The molecule has 2 saturated heterocycles. The van der Waals surface area contributed by atoms with Gasteiger partial charge in [0.2, 0.25) is 15.9 Å². The Balaban J connectivity index is 1.47. The fourth-order valence-electron chi connectivity index (χ4n) is 7.48. The normalized spacial score (nSPS) is 19.5. The van der Waals surface area contributed by atoms with Crippen molar-refractivity contribution in [3.05, 3.63) is 94.5 Å². The van der Waals surface area contributed by atoms with Gasteiger partial charge in [0, 0.05) is 60.6 Å². The first-order valence-electron chi connectivity index (χ1n) is 18.5. The molecular formula is C40H49ClF2N4O8S. The van der Waals surface area contributed by atoms with Crippen LogP contribution in [0.15, 0.2) is 71.6 Å². The number of alkyl carbamates (subject to hydrolysis) is 1. The molecule has 0 saturated carbocycles. The van der Waals surface area contributed by atoms with Crippen molar-refractivity contribution in [2.24, 2.45) is 5.92 Å². The molecule has 2 aliphatic rings. The zero-order valence-corrected chi connectivity index (χ0v) is 33.7. The Kier molecular flexibility index (Phi) is 14.0. The van der Waals surface area contributed by atoms with E-state index in [9.17, 15) is 27.2 Å². The van der Waals surface area contributed by atoms with Crippen molar-refractivity contribution in [3.63, 3.8) is 0 Å². The predicted molar refractivity (Wildman–Crippen MR) is 207 cm³/mol. The van der Waals surface area contributed by atoms with Gasteiger partial charge in [0.1, 0.15) is 23.3 Å². The minimum absolute atomic E-state index is 0.0172. The van der Waals surface area contributed by atoms with E-state index in [4.69, 9.17) is 25.8 Å². The van der Waals surface area contributed by atoms with Crippen molar-refractivity contribution in [3.8, 4) is 0 Å². The summed E-state index contributed by atoms with van der Waals surface area (Å²) in [5, 5.41) is 6.05. The molecular weight excluding hydrogens is 770 g/mol. The monoisotopic (exact) mass is 818 g/mol. The molecule has 2 N–H and O–H groups in total. The summed E-state index contributed by atoms with van der Waals surface area (Å²) < 4.78 is 75.3. The average molecular weight is 819 g/mol. The Hall–Kier alpha value is -4.31. The minimum atomic E-state index is -4.22.